The van der Waals surface area contributed by atoms with Crippen molar-refractivity contribution in [3.05, 3.63) is 53.6 Å². The molecule has 0 bridgehead atoms. The molecule has 0 aliphatic rings. The molecule has 0 aliphatic heterocycles. The lowest BCUT2D eigenvalue weighted by Gasteiger charge is -2.04. The molecule has 0 atom stereocenters. The van der Waals surface area contributed by atoms with Gasteiger partial charge in [0.25, 0.3) is 0 Å². The number of halogens is 1. The van der Waals surface area contributed by atoms with Gasteiger partial charge in [0, 0.05) is 22.5 Å². The molecule has 0 amide bonds. The van der Waals surface area contributed by atoms with Crippen LogP contribution < -0.4 is 10.1 Å². The molecule has 1 N–H and O–H groups in total. The van der Waals surface area contributed by atoms with E-state index in [0.717, 1.165) is 11.4 Å². The van der Waals surface area contributed by atoms with Gasteiger partial charge in [-0.1, -0.05) is 40.8 Å². The van der Waals surface area contributed by atoms with Crippen molar-refractivity contribution >= 4 is 55.4 Å². The van der Waals surface area contributed by atoms with Crippen LogP contribution in [-0.2, 0) is 9.84 Å². The Hall–Kier alpha value is -1.81. The van der Waals surface area contributed by atoms with Crippen LogP contribution in [0.5, 0.6) is 5.75 Å². The van der Waals surface area contributed by atoms with Crippen LogP contribution >= 0.6 is 34.7 Å². The summed E-state index contributed by atoms with van der Waals surface area (Å²) in [5.74, 6) is 1.14. The Labute approximate surface area is 170 Å². The van der Waals surface area contributed by atoms with E-state index in [9.17, 15) is 8.42 Å². The molecule has 1 heterocycles. The second-order valence-electron chi connectivity index (χ2n) is 5.35. The molecule has 10 heteroatoms. The van der Waals surface area contributed by atoms with Crippen LogP contribution in [-0.4, -0.2) is 37.2 Å². The maximum atomic E-state index is 12.3. The number of ether oxygens (including phenoxy) is 1. The first-order chi connectivity index (χ1) is 13.0. The summed E-state index contributed by atoms with van der Waals surface area (Å²) in [7, 11) is -1.74. The van der Waals surface area contributed by atoms with Gasteiger partial charge < -0.3 is 10.1 Å². The minimum atomic E-state index is -3.35. The Morgan fingerprint density at radius 1 is 1.19 bits per heavy atom. The molecule has 3 rings (SSSR count). The fraction of sp³-hybridized carbons (Fsp3) is 0.176. The van der Waals surface area contributed by atoms with Crippen molar-refractivity contribution in [1.82, 2.24) is 10.2 Å². The van der Waals surface area contributed by atoms with E-state index in [1.54, 1.807) is 19.2 Å². The van der Waals surface area contributed by atoms with Gasteiger partial charge in [0.15, 0.2) is 14.2 Å². The van der Waals surface area contributed by atoms with Crippen LogP contribution in [0.4, 0.5) is 10.8 Å². The third kappa shape index (κ3) is 5.58. The molecule has 0 spiro atoms. The van der Waals surface area contributed by atoms with E-state index in [1.807, 2.05) is 24.3 Å². The van der Waals surface area contributed by atoms with Gasteiger partial charge >= 0.3 is 0 Å². The van der Waals surface area contributed by atoms with Crippen molar-refractivity contribution in [2.75, 3.05) is 23.9 Å². The monoisotopic (exact) mass is 441 g/mol. The molecule has 0 saturated heterocycles. The minimum absolute atomic E-state index is 0.0114. The van der Waals surface area contributed by atoms with E-state index in [1.165, 1.54) is 35.2 Å². The fourth-order valence-electron chi connectivity index (χ4n) is 2.14. The number of sulfone groups is 1. The number of anilines is 2. The number of hydrogen-bond donors (Lipinski definition) is 1. The summed E-state index contributed by atoms with van der Waals surface area (Å²) < 4.78 is 30.5. The van der Waals surface area contributed by atoms with Crippen molar-refractivity contribution < 1.29 is 13.2 Å². The van der Waals surface area contributed by atoms with Gasteiger partial charge in [0.1, 0.15) is 5.75 Å². The average Bonchev–Trinajstić information content (AvgIpc) is 3.09. The summed E-state index contributed by atoms with van der Waals surface area (Å²) in [6, 6.07) is 13.7. The van der Waals surface area contributed by atoms with Crippen LogP contribution in [0.2, 0.25) is 5.02 Å². The van der Waals surface area contributed by atoms with Gasteiger partial charge in [-0.15, -0.1) is 10.2 Å². The first-order valence-corrected chi connectivity index (χ1v) is 11.7. The second kappa shape index (κ2) is 8.92. The number of nitrogens with zero attached hydrogens (tertiary/aromatic N) is 2. The predicted molar refractivity (Wildman–Crippen MR) is 110 cm³/mol. The first kappa shape index (κ1) is 19.9. The number of thioether (sulfide) groups is 1. The van der Waals surface area contributed by atoms with Crippen LogP contribution in [0.15, 0.2) is 57.8 Å². The summed E-state index contributed by atoms with van der Waals surface area (Å²) in [5, 5.41) is 12.5. The third-order valence-corrected chi connectivity index (χ3v) is 7.69. The normalized spacial score (nSPS) is 11.3. The van der Waals surface area contributed by atoms with Gasteiger partial charge in [-0.05, 0) is 36.4 Å². The number of methoxy groups -OCH3 is 1. The highest BCUT2D eigenvalue weighted by atomic mass is 35.5. The topological polar surface area (TPSA) is 81.2 Å². The van der Waals surface area contributed by atoms with Gasteiger partial charge in [-0.25, -0.2) is 8.42 Å². The highest BCUT2D eigenvalue weighted by molar-refractivity contribution is 8.02. The van der Waals surface area contributed by atoms with Crippen molar-refractivity contribution in [3.8, 4) is 5.75 Å². The van der Waals surface area contributed by atoms with Crippen molar-refractivity contribution in [2.45, 2.75) is 9.24 Å². The smallest absolute Gasteiger partial charge is 0.210 e. The summed E-state index contributed by atoms with van der Waals surface area (Å²) in [6.07, 6.45) is 0. The zero-order valence-electron chi connectivity index (χ0n) is 14.3. The minimum Gasteiger partial charge on any atom is -0.497 e. The molecule has 2 aromatic carbocycles. The van der Waals surface area contributed by atoms with E-state index in [-0.39, 0.29) is 10.6 Å². The maximum absolute atomic E-state index is 12.3. The Kier molecular flexibility index (Phi) is 6.59. The van der Waals surface area contributed by atoms with Crippen LogP contribution in [0.3, 0.4) is 0 Å². The van der Waals surface area contributed by atoms with Gasteiger partial charge in [0.05, 0.1) is 17.8 Å². The van der Waals surface area contributed by atoms with E-state index in [2.05, 4.69) is 15.5 Å². The number of hydrogen-bond acceptors (Lipinski definition) is 8. The maximum Gasteiger partial charge on any atom is 0.210 e. The lowest BCUT2D eigenvalue weighted by Crippen LogP contribution is -2.08. The SMILES string of the molecule is COc1cccc(Nc2nnc(SCCS(=O)(=O)c3ccc(Cl)cc3)s2)c1. The molecule has 3 aromatic rings. The molecule has 142 valence electrons. The quantitative estimate of drug-likeness (QED) is 0.515. The molecule has 27 heavy (non-hydrogen) atoms. The first-order valence-electron chi connectivity index (χ1n) is 7.82. The van der Waals surface area contributed by atoms with Crippen LogP contribution in [0.25, 0.3) is 0 Å². The largest absolute Gasteiger partial charge is 0.497 e. The molecule has 0 saturated carbocycles. The number of nitrogens with one attached hydrogen (secondary N) is 1. The highest BCUT2D eigenvalue weighted by Crippen LogP contribution is 2.29. The summed E-state index contributed by atoms with van der Waals surface area (Å²) in [5.41, 5.74) is 0.840. The lowest BCUT2D eigenvalue weighted by molar-refractivity contribution is 0.415. The number of aromatic nitrogens is 2. The van der Waals surface area contributed by atoms with Gasteiger partial charge in [-0.2, -0.15) is 0 Å². The van der Waals surface area contributed by atoms with Crippen molar-refractivity contribution in [2.24, 2.45) is 0 Å². The zero-order valence-corrected chi connectivity index (χ0v) is 17.5. The van der Waals surface area contributed by atoms with E-state index >= 15 is 0 Å². The zero-order chi connectivity index (χ0) is 19.3. The van der Waals surface area contributed by atoms with Crippen molar-refractivity contribution in [3.63, 3.8) is 0 Å². The number of benzene rings is 2. The Balaban J connectivity index is 1.55. The van der Waals surface area contributed by atoms with E-state index < -0.39 is 9.84 Å². The highest BCUT2D eigenvalue weighted by Gasteiger charge is 2.15. The molecule has 0 fully saturated rings. The summed E-state index contributed by atoms with van der Waals surface area (Å²) >= 11 is 8.52. The average molecular weight is 442 g/mol. The van der Waals surface area contributed by atoms with Crippen LogP contribution in [0, 0.1) is 0 Å². The Morgan fingerprint density at radius 3 is 2.70 bits per heavy atom. The van der Waals surface area contributed by atoms with E-state index in [0.29, 0.717) is 20.2 Å². The molecular weight excluding hydrogens is 426 g/mol. The molecule has 0 radical (unpaired) electrons. The number of rotatable bonds is 8. The lowest BCUT2D eigenvalue weighted by atomic mass is 10.3. The molecule has 0 unspecified atom stereocenters. The summed E-state index contributed by atoms with van der Waals surface area (Å²) in [4.78, 5) is 0.269. The van der Waals surface area contributed by atoms with E-state index in [4.69, 9.17) is 16.3 Å². The fourth-order valence-corrected chi connectivity index (χ4v) is 5.76. The summed E-state index contributed by atoms with van der Waals surface area (Å²) in [6.45, 7) is 0. The molecular formula is C17H16ClN3O3S3. The second-order valence-corrected chi connectivity index (χ2v) is 10.2. The van der Waals surface area contributed by atoms with Gasteiger partial charge in [0.2, 0.25) is 5.13 Å². The van der Waals surface area contributed by atoms with Crippen LogP contribution in [0.1, 0.15) is 0 Å². The molecule has 1 aromatic heterocycles. The molecule has 6 nitrogen and oxygen atoms in total. The predicted octanol–water partition coefficient (Wildman–Crippen LogP) is 4.51. The third-order valence-electron chi connectivity index (χ3n) is 3.48. The standard InChI is InChI=1S/C17H16ClN3O3S3/c1-24-14-4-2-3-13(11-14)19-16-20-21-17(26-16)25-9-10-27(22,23)15-7-5-12(18)6-8-15/h2-8,11H,9-10H2,1H3,(H,19,20). The Morgan fingerprint density at radius 2 is 1.96 bits per heavy atom. The van der Waals surface area contributed by atoms with Gasteiger partial charge in [-0.3, -0.25) is 0 Å². The van der Waals surface area contributed by atoms with Crippen molar-refractivity contribution in [1.29, 1.82) is 0 Å². The molecule has 0 aliphatic carbocycles. The Bertz CT molecular complexity index is 1010.